The topological polar surface area (TPSA) is 56.2 Å². The van der Waals surface area contributed by atoms with Crippen LogP contribution in [0.2, 0.25) is 0 Å². The van der Waals surface area contributed by atoms with Crippen molar-refractivity contribution in [1.82, 2.24) is 15.1 Å². The van der Waals surface area contributed by atoms with E-state index in [0.717, 1.165) is 24.5 Å². The lowest BCUT2D eigenvalue weighted by atomic mass is 10.2. The molecule has 5 heteroatoms. The number of hydrogen-bond donors (Lipinski definition) is 1. The number of ether oxygens (including phenoxy) is 1. The second-order valence-electron chi connectivity index (χ2n) is 5.87. The van der Waals surface area contributed by atoms with E-state index in [1.54, 1.807) is 4.68 Å². The number of hydrogen-bond acceptors (Lipinski definition) is 4. The molecule has 0 aliphatic heterocycles. The molecule has 1 rings (SSSR count). The molecule has 0 aromatic carbocycles. The van der Waals surface area contributed by atoms with Crippen LogP contribution in [0.15, 0.2) is 0 Å². The normalized spacial score (nSPS) is 11.4. The largest absolute Gasteiger partial charge is 0.462 e. The number of rotatable bonds is 7. The third kappa shape index (κ3) is 4.96. The lowest BCUT2D eigenvalue weighted by Crippen LogP contribution is -2.20. The zero-order valence-electron chi connectivity index (χ0n) is 13.5. The lowest BCUT2D eigenvalue weighted by molar-refractivity contribution is -0.148. The van der Waals surface area contributed by atoms with Crippen LogP contribution in [-0.4, -0.2) is 28.4 Å². The summed E-state index contributed by atoms with van der Waals surface area (Å²) in [6, 6.07) is 0. The Bertz CT molecular complexity index is 450. The van der Waals surface area contributed by atoms with Crippen molar-refractivity contribution in [1.29, 1.82) is 0 Å². The van der Waals surface area contributed by atoms with E-state index in [1.165, 1.54) is 5.56 Å². The van der Waals surface area contributed by atoms with E-state index >= 15 is 0 Å². The minimum atomic E-state index is -0.243. The number of aromatic nitrogens is 2. The predicted molar refractivity (Wildman–Crippen MR) is 79.5 cm³/mol. The molecule has 0 atom stereocenters. The number of nitrogens with zero attached hydrogens (tertiary/aromatic N) is 2. The van der Waals surface area contributed by atoms with E-state index in [1.807, 2.05) is 27.7 Å². The summed E-state index contributed by atoms with van der Waals surface area (Å²) >= 11 is 0. The number of esters is 1. The molecule has 0 aliphatic rings. The third-order valence-electron chi connectivity index (χ3n) is 3.03. The first-order valence-corrected chi connectivity index (χ1v) is 7.24. The van der Waals surface area contributed by atoms with Crippen LogP contribution in [0.5, 0.6) is 0 Å². The van der Waals surface area contributed by atoms with Crippen molar-refractivity contribution in [2.75, 3.05) is 6.54 Å². The van der Waals surface area contributed by atoms with Crippen LogP contribution in [0.1, 0.15) is 44.6 Å². The quantitative estimate of drug-likeness (QED) is 0.778. The molecular formula is C15H27N3O2. The summed E-state index contributed by atoms with van der Waals surface area (Å²) in [5.41, 5.74) is 3.17. The van der Waals surface area contributed by atoms with Crippen LogP contribution in [-0.2, 0) is 22.6 Å². The first-order valence-electron chi connectivity index (χ1n) is 7.24. The standard InChI is InChI=1S/C15H27N3O2/c1-10(2)7-16-8-14-12(5)17-18(13(14)6)9-15(19)20-11(3)4/h10-11,16H,7-9H2,1-6H3. The molecule has 0 saturated carbocycles. The summed E-state index contributed by atoms with van der Waals surface area (Å²) in [6.45, 7) is 14.0. The molecule has 114 valence electrons. The number of carbonyl (C=O) groups excluding carboxylic acids is 1. The van der Waals surface area contributed by atoms with Crippen LogP contribution in [0.25, 0.3) is 0 Å². The average Bonchev–Trinajstić information content (AvgIpc) is 2.55. The smallest absolute Gasteiger partial charge is 0.328 e. The van der Waals surface area contributed by atoms with Gasteiger partial charge >= 0.3 is 5.97 Å². The van der Waals surface area contributed by atoms with Crippen LogP contribution in [0, 0.1) is 19.8 Å². The van der Waals surface area contributed by atoms with E-state index in [0.29, 0.717) is 5.92 Å². The van der Waals surface area contributed by atoms with Crippen LogP contribution < -0.4 is 5.32 Å². The molecule has 0 aliphatic carbocycles. The van der Waals surface area contributed by atoms with Crippen LogP contribution in [0.3, 0.4) is 0 Å². The zero-order valence-corrected chi connectivity index (χ0v) is 13.5. The van der Waals surface area contributed by atoms with Crippen molar-refractivity contribution in [2.45, 2.75) is 60.7 Å². The van der Waals surface area contributed by atoms with Crippen LogP contribution in [0.4, 0.5) is 0 Å². The highest BCUT2D eigenvalue weighted by atomic mass is 16.5. The summed E-state index contributed by atoms with van der Waals surface area (Å²) < 4.78 is 6.88. The van der Waals surface area contributed by atoms with Gasteiger partial charge in [-0.3, -0.25) is 9.48 Å². The van der Waals surface area contributed by atoms with Crippen molar-refractivity contribution in [3.63, 3.8) is 0 Å². The molecule has 0 amide bonds. The third-order valence-corrected chi connectivity index (χ3v) is 3.03. The fourth-order valence-corrected chi connectivity index (χ4v) is 2.05. The molecule has 0 fully saturated rings. The van der Waals surface area contributed by atoms with Crippen molar-refractivity contribution < 1.29 is 9.53 Å². The van der Waals surface area contributed by atoms with Crippen molar-refractivity contribution in [3.8, 4) is 0 Å². The average molecular weight is 281 g/mol. The summed E-state index contributed by atoms with van der Waals surface area (Å²) in [7, 11) is 0. The summed E-state index contributed by atoms with van der Waals surface area (Å²) in [5, 5.41) is 7.84. The second-order valence-corrected chi connectivity index (χ2v) is 5.87. The molecule has 0 radical (unpaired) electrons. The maximum absolute atomic E-state index is 11.7. The molecule has 0 saturated heterocycles. The predicted octanol–water partition coefficient (Wildman–Crippen LogP) is 2.20. The van der Waals surface area contributed by atoms with Gasteiger partial charge in [0.1, 0.15) is 6.54 Å². The molecule has 1 aromatic rings. The van der Waals surface area contributed by atoms with Gasteiger partial charge in [-0.15, -0.1) is 0 Å². The highest BCUT2D eigenvalue weighted by molar-refractivity contribution is 5.69. The highest BCUT2D eigenvalue weighted by Crippen LogP contribution is 2.13. The lowest BCUT2D eigenvalue weighted by Gasteiger charge is -2.10. The van der Waals surface area contributed by atoms with E-state index in [9.17, 15) is 4.79 Å². The van der Waals surface area contributed by atoms with Gasteiger partial charge in [0.2, 0.25) is 0 Å². The number of carbonyl (C=O) groups is 1. The van der Waals surface area contributed by atoms with Gasteiger partial charge in [-0.2, -0.15) is 5.10 Å². The van der Waals surface area contributed by atoms with E-state index in [2.05, 4.69) is 24.3 Å². The van der Waals surface area contributed by atoms with Gasteiger partial charge in [-0.25, -0.2) is 0 Å². The molecule has 1 N–H and O–H groups in total. The van der Waals surface area contributed by atoms with Crippen molar-refractivity contribution in [2.24, 2.45) is 5.92 Å². The molecule has 0 bridgehead atoms. The molecule has 1 aromatic heterocycles. The first kappa shape index (κ1) is 16.7. The molecule has 0 unspecified atom stereocenters. The van der Waals surface area contributed by atoms with Gasteiger partial charge in [0.15, 0.2) is 0 Å². The Morgan fingerprint density at radius 1 is 1.30 bits per heavy atom. The van der Waals surface area contributed by atoms with Gasteiger partial charge < -0.3 is 10.1 Å². The van der Waals surface area contributed by atoms with Crippen molar-refractivity contribution >= 4 is 5.97 Å². The Labute approximate surface area is 121 Å². The summed E-state index contributed by atoms with van der Waals surface area (Å²) in [6.07, 6.45) is -0.0911. The second kappa shape index (κ2) is 7.43. The van der Waals surface area contributed by atoms with Crippen molar-refractivity contribution in [3.05, 3.63) is 17.0 Å². The molecule has 20 heavy (non-hydrogen) atoms. The molecule has 5 nitrogen and oxygen atoms in total. The first-order chi connectivity index (χ1) is 9.31. The molecular weight excluding hydrogens is 254 g/mol. The highest BCUT2D eigenvalue weighted by Gasteiger charge is 2.15. The minimum absolute atomic E-state index is 0.0911. The fourth-order valence-electron chi connectivity index (χ4n) is 2.05. The number of aryl methyl sites for hydroxylation is 1. The zero-order chi connectivity index (χ0) is 15.3. The Morgan fingerprint density at radius 3 is 2.50 bits per heavy atom. The summed E-state index contributed by atoms with van der Waals surface area (Å²) in [4.78, 5) is 11.7. The Hall–Kier alpha value is -1.36. The van der Waals surface area contributed by atoms with Gasteiger partial charge in [0.05, 0.1) is 11.8 Å². The molecule has 1 heterocycles. The van der Waals surface area contributed by atoms with Gasteiger partial charge in [0, 0.05) is 17.8 Å². The van der Waals surface area contributed by atoms with E-state index in [4.69, 9.17) is 4.74 Å². The van der Waals surface area contributed by atoms with Crippen LogP contribution >= 0.6 is 0 Å². The van der Waals surface area contributed by atoms with Gasteiger partial charge in [-0.05, 0) is 40.2 Å². The number of nitrogens with one attached hydrogen (secondary N) is 1. The Balaban J connectivity index is 2.68. The SMILES string of the molecule is Cc1nn(CC(=O)OC(C)C)c(C)c1CNCC(C)C. The Morgan fingerprint density at radius 2 is 1.95 bits per heavy atom. The summed E-state index contributed by atoms with van der Waals surface area (Å²) in [5.74, 6) is 0.374. The Kier molecular flexibility index (Phi) is 6.20. The monoisotopic (exact) mass is 281 g/mol. The van der Waals surface area contributed by atoms with E-state index in [-0.39, 0.29) is 18.6 Å². The van der Waals surface area contributed by atoms with Gasteiger partial charge in [0.25, 0.3) is 0 Å². The van der Waals surface area contributed by atoms with E-state index < -0.39 is 0 Å². The molecule has 0 spiro atoms. The maximum atomic E-state index is 11.7. The fraction of sp³-hybridized carbons (Fsp3) is 0.733. The minimum Gasteiger partial charge on any atom is -0.462 e. The van der Waals surface area contributed by atoms with Gasteiger partial charge in [-0.1, -0.05) is 13.8 Å². The maximum Gasteiger partial charge on any atom is 0.328 e.